The molecule has 172 valence electrons. The Balaban J connectivity index is 1.47. The zero-order valence-electron chi connectivity index (χ0n) is 17.8. The Bertz CT molecular complexity index is 1080. The summed E-state index contributed by atoms with van der Waals surface area (Å²) < 4.78 is 38.2. The van der Waals surface area contributed by atoms with E-state index in [4.69, 9.17) is 15.2 Å². The van der Waals surface area contributed by atoms with Gasteiger partial charge >= 0.3 is 0 Å². The second kappa shape index (κ2) is 9.27. The van der Waals surface area contributed by atoms with Crippen LogP contribution in [-0.2, 0) is 14.8 Å². The first-order valence-electron chi connectivity index (χ1n) is 10.3. The molecule has 2 fully saturated rings. The van der Waals surface area contributed by atoms with Gasteiger partial charge in [-0.15, -0.1) is 0 Å². The standard InChI is InChI=1S/C20H26N6O5S/c1-30-17-3-2-15(12-16(17)20(21)27)32(28,29)26-6-4-24(5-7-26)18-13-19(23-14-22-18)25-8-10-31-11-9-25/h2-3,12-14H,4-11H2,1H3,(H2,21,27). The Hall–Kier alpha value is -2.96. The number of hydrogen-bond donors (Lipinski definition) is 1. The predicted molar refractivity (Wildman–Crippen MR) is 118 cm³/mol. The lowest BCUT2D eigenvalue weighted by Gasteiger charge is -2.35. The van der Waals surface area contributed by atoms with Crippen LogP contribution in [0.3, 0.4) is 0 Å². The van der Waals surface area contributed by atoms with Crippen molar-refractivity contribution in [2.24, 2.45) is 5.73 Å². The van der Waals surface area contributed by atoms with Crippen LogP contribution in [0.2, 0.25) is 0 Å². The van der Waals surface area contributed by atoms with E-state index in [2.05, 4.69) is 14.9 Å². The van der Waals surface area contributed by atoms with Crippen LogP contribution >= 0.6 is 0 Å². The molecule has 0 saturated carbocycles. The first-order chi connectivity index (χ1) is 15.4. The molecule has 2 aromatic rings. The van der Waals surface area contributed by atoms with Gasteiger partial charge in [-0.25, -0.2) is 18.4 Å². The van der Waals surface area contributed by atoms with Gasteiger partial charge in [0.25, 0.3) is 5.91 Å². The number of rotatable bonds is 6. The molecule has 0 aliphatic carbocycles. The monoisotopic (exact) mass is 462 g/mol. The minimum absolute atomic E-state index is 0.0113. The fourth-order valence-corrected chi connectivity index (χ4v) is 5.27. The van der Waals surface area contributed by atoms with Crippen molar-refractivity contribution < 1.29 is 22.7 Å². The minimum atomic E-state index is -3.79. The van der Waals surface area contributed by atoms with Crippen molar-refractivity contribution in [2.75, 3.05) is 69.4 Å². The molecule has 1 aromatic heterocycles. The van der Waals surface area contributed by atoms with Crippen LogP contribution in [0.25, 0.3) is 0 Å². The lowest BCUT2D eigenvalue weighted by atomic mass is 10.2. The van der Waals surface area contributed by atoms with Crippen molar-refractivity contribution in [3.8, 4) is 5.75 Å². The predicted octanol–water partition coefficient (Wildman–Crippen LogP) is -0.0684. The van der Waals surface area contributed by atoms with Crippen LogP contribution in [-0.4, -0.2) is 88.2 Å². The van der Waals surface area contributed by atoms with Crippen LogP contribution in [0.1, 0.15) is 10.4 Å². The molecule has 0 atom stereocenters. The summed E-state index contributed by atoms with van der Waals surface area (Å²) in [7, 11) is -2.39. The van der Waals surface area contributed by atoms with Crippen LogP contribution in [0, 0.1) is 0 Å². The number of ether oxygens (including phenoxy) is 2. The smallest absolute Gasteiger partial charge is 0.252 e. The molecule has 0 spiro atoms. The largest absolute Gasteiger partial charge is 0.496 e. The Labute approximate surface area is 186 Å². The third-order valence-electron chi connectivity index (χ3n) is 5.61. The zero-order valence-corrected chi connectivity index (χ0v) is 18.6. The van der Waals surface area contributed by atoms with Crippen LogP contribution in [0.5, 0.6) is 5.75 Å². The number of carbonyl (C=O) groups is 1. The lowest BCUT2D eigenvalue weighted by molar-refractivity contribution is 0.0997. The van der Waals surface area contributed by atoms with Crippen molar-refractivity contribution in [3.63, 3.8) is 0 Å². The fraction of sp³-hybridized carbons (Fsp3) is 0.450. The van der Waals surface area contributed by atoms with Gasteiger partial charge in [0.2, 0.25) is 10.0 Å². The number of amides is 1. The number of anilines is 2. The highest BCUT2D eigenvalue weighted by molar-refractivity contribution is 7.89. The molecule has 1 aromatic carbocycles. The van der Waals surface area contributed by atoms with Crippen molar-refractivity contribution in [1.29, 1.82) is 0 Å². The molecule has 3 heterocycles. The number of methoxy groups -OCH3 is 1. The highest BCUT2D eigenvalue weighted by Crippen LogP contribution is 2.26. The molecule has 11 nitrogen and oxygen atoms in total. The molecular weight excluding hydrogens is 436 g/mol. The van der Waals surface area contributed by atoms with E-state index in [0.717, 1.165) is 24.7 Å². The van der Waals surface area contributed by atoms with E-state index in [0.29, 0.717) is 26.3 Å². The maximum absolute atomic E-state index is 13.1. The van der Waals surface area contributed by atoms with Crippen LogP contribution in [0.15, 0.2) is 35.5 Å². The van der Waals surface area contributed by atoms with Crippen LogP contribution in [0.4, 0.5) is 11.6 Å². The highest BCUT2D eigenvalue weighted by Gasteiger charge is 2.30. The van der Waals surface area contributed by atoms with Crippen molar-refractivity contribution in [3.05, 3.63) is 36.2 Å². The first-order valence-corrected chi connectivity index (χ1v) is 11.7. The average Bonchev–Trinajstić information content (AvgIpc) is 2.84. The van der Waals surface area contributed by atoms with Gasteiger partial charge in [-0.05, 0) is 18.2 Å². The number of nitrogens with zero attached hydrogens (tertiary/aromatic N) is 5. The quantitative estimate of drug-likeness (QED) is 0.627. The molecule has 2 saturated heterocycles. The van der Waals surface area contributed by atoms with Gasteiger partial charge in [0, 0.05) is 45.3 Å². The fourth-order valence-electron chi connectivity index (χ4n) is 3.82. The lowest BCUT2D eigenvalue weighted by Crippen LogP contribution is -2.49. The van der Waals surface area contributed by atoms with E-state index in [1.807, 2.05) is 11.0 Å². The van der Waals surface area contributed by atoms with Gasteiger partial charge in [0.15, 0.2) is 0 Å². The maximum atomic E-state index is 13.1. The van der Waals surface area contributed by atoms with E-state index in [9.17, 15) is 13.2 Å². The molecule has 12 heteroatoms. The molecule has 4 rings (SSSR count). The van der Waals surface area contributed by atoms with E-state index in [1.54, 1.807) is 0 Å². The first kappa shape index (κ1) is 22.2. The summed E-state index contributed by atoms with van der Waals surface area (Å²) in [6.07, 6.45) is 1.53. The summed E-state index contributed by atoms with van der Waals surface area (Å²) >= 11 is 0. The minimum Gasteiger partial charge on any atom is -0.496 e. The third kappa shape index (κ3) is 4.47. The van der Waals surface area contributed by atoms with E-state index in [1.165, 1.54) is 35.9 Å². The second-order valence-electron chi connectivity index (χ2n) is 7.45. The van der Waals surface area contributed by atoms with E-state index in [-0.39, 0.29) is 29.3 Å². The molecule has 0 bridgehead atoms. The third-order valence-corrected chi connectivity index (χ3v) is 7.50. The van der Waals surface area contributed by atoms with Crippen molar-refractivity contribution in [2.45, 2.75) is 4.90 Å². The summed E-state index contributed by atoms with van der Waals surface area (Å²) in [6.45, 7) is 4.43. The van der Waals surface area contributed by atoms with Gasteiger partial charge in [-0.2, -0.15) is 4.31 Å². The van der Waals surface area contributed by atoms with Gasteiger partial charge in [-0.1, -0.05) is 0 Å². The van der Waals surface area contributed by atoms with Gasteiger partial charge in [0.1, 0.15) is 23.7 Å². The Morgan fingerprint density at radius 3 is 2.22 bits per heavy atom. The Morgan fingerprint density at radius 2 is 1.62 bits per heavy atom. The second-order valence-corrected chi connectivity index (χ2v) is 9.39. The maximum Gasteiger partial charge on any atom is 0.252 e. The molecule has 2 N–H and O–H groups in total. The topological polar surface area (TPSA) is 131 Å². The number of nitrogens with two attached hydrogens (primary N) is 1. The summed E-state index contributed by atoms with van der Waals surface area (Å²) in [5.74, 6) is 1.09. The SMILES string of the molecule is COc1ccc(S(=O)(=O)N2CCN(c3cc(N4CCOCC4)ncn3)CC2)cc1C(N)=O. The summed E-state index contributed by atoms with van der Waals surface area (Å²) in [5, 5.41) is 0. The average molecular weight is 463 g/mol. The normalized spacial score (nSPS) is 17.9. The number of hydrogen-bond acceptors (Lipinski definition) is 9. The number of carbonyl (C=O) groups excluding carboxylic acids is 1. The molecule has 32 heavy (non-hydrogen) atoms. The molecule has 0 radical (unpaired) electrons. The summed E-state index contributed by atoms with van der Waals surface area (Å²) in [6, 6.07) is 6.06. The van der Waals surface area contributed by atoms with E-state index >= 15 is 0 Å². The number of primary amides is 1. The number of piperazine rings is 1. The number of morpholine rings is 1. The summed E-state index contributed by atoms with van der Waals surface area (Å²) in [5.41, 5.74) is 5.40. The van der Waals surface area contributed by atoms with Gasteiger partial charge in [0.05, 0.1) is 30.8 Å². The van der Waals surface area contributed by atoms with Gasteiger partial charge < -0.3 is 25.0 Å². The number of sulfonamides is 1. The molecule has 0 unspecified atom stereocenters. The summed E-state index contributed by atoms with van der Waals surface area (Å²) in [4.78, 5) is 24.6. The highest BCUT2D eigenvalue weighted by atomic mass is 32.2. The zero-order chi connectivity index (χ0) is 22.7. The number of benzene rings is 1. The van der Waals surface area contributed by atoms with Crippen molar-refractivity contribution in [1.82, 2.24) is 14.3 Å². The van der Waals surface area contributed by atoms with E-state index < -0.39 is 15.9 Å². The molecule has 1 amide bonds. The Kier molecular flexibility index (Phi) is 6.44. The van der Waals surface area contributed by atoms with Crippen molar-refractivity contribution >= 4 is 27.6 Å². The number of aromatic nitrogens is 2. The Morgan fingerprint density at radius 1 is 1.00 bits per heavy atom. The molecule has 2 aliphatic heterocycles. The molecular formula is C20H26N6O5S. The van der Waals surface area contributed by atoms with Crippen LogP contribution < -0.4 is 20.3 Å². The van der Waals surface area contributed by atoms with Gasteiger partial charge in [-0.3, -0.25) is 4.79 Å². The molecule has 2 aliphatic rings.